The molecule has 2 heterocycles. The van der Waals surface area contributed by atoms with E-state index in [9.17, 15) is 0 Å². The number of anilines is 1. The van der Waals surface area contributed by atoms with Gasteiger partial charge in [0, 0.05) is 7.05 Å². The van der Waals surface area contributed by atoms with E-state index in [0.717, 1.165) is 22.0 Å². The van der Waals surface area contributed by atoms with Gasteiger partial charge in [0.15, 0.2) is 5.65 Å². The number of hydrogen-bond acceptors (Lipinski definition) is 5. The van der Waals surface area contributed by atoms with Crippen molar-refractivity contribution in [2.24, 2.45) is 0 Å². The third kappa shape index (κ3) is 1.02. The summed E-state index contributed by atoms with van der Waals surface area (Å²) in [7, 11) is 1.85. The lowest BCUT2D eigenvalue weighted by Gasteiger charge is -1.99. The first-order chi connectivity index (χ1) is 5.81. The molecule has 4 nitrogen and oxygen atoms in total. The molecule has 0 aromatic carbocycles. The Balaban J connectivity index is 2.80. The number of rotatable bonds is 1. The van der Waals surface area contributed by atoms with Crippen molar-refractivity contribution in [3.63, 3.8) is 0 Å². The van der Waals surface area contributed by atoms with Crippen LogP contribution in [0.3, 0.4) is 0 Å². The van der Waals surface area contributed by atoms with Gasteiger partial charge in [-0.3, -0.25) is 0 Å². The van der Waals surface area contributed by atoms with E-state index in [-0.39, 0.29) is 0 Å². The van der Waals surface area contributed by atoms with E-state index in [1.54, 1.807) is 16.8 Å². The van der Waals surface area contributed by atoms with Gasteiger partial charge < -0.3 is 5.32 Å². The number of thiazole rings is 1. The van der Waals surface area contributed by atoms with Crippen LogP contribution in [-0.4, -0.2) is 22.0 Å². The highest BCUT2D eigenvalue weighted by molar-refractivity contribution is 7.17. The maximum Gasteiger partial charge on any atom is 0.175 e. The van der Waals surface area contributed by atoms with Crippen molar-refractivity contribution >= 4 is 27.5 Å². The monoisotopic (exact) mass is 180 g/mol. The van der Waals surface area contributed by atoms with Crippen molar-refractivity contribution in [2.45, 2.75) is 6.92 Å². The Morgan fingerprint density at radius 3 is 3.00 bits per heavy atom. The van der Waals surface area contributed by atoms with Crippen molar-refractivity contribution in [1.29, 1.82) is 0 Å². The Morgan fingerprint density at radius 2 is 2.25 bits per heavy atom. The summed E-state index contributed by atoms with van der Waals surface area (Å²) in [6.07, 6.45) is 0. The lowest BCUT2D eigenvalue weighted by Crippen LogP contribution is -1.96. The summed E-state index contributed by atoms with van der Waals surface area (Å²) in [6, 6.07) is 0. The summed E-state index contributed by atoms with van der Waals surface area (Å²) in [6.45, 7) is 1.86. The molecule has 12 heavy (non-hydrogen) atoms. The van der Waals surface area contributed by atoms with Gasteiger partial charge in [0.05, 0.1) is 5.51 Å². The first-order valence-corrected chi connectivity index (χ1v) is 4.45. The zero-order chi connectivity index (χ0) is 8.55. The zero-order valence-corrected chi connectivity index (χ0v) is 7.64. The highest BCUT2D eigenvalue weighted by atomic mass is 32.1. The van der Waals surface area contributed by atoms with E-state index in [1.165, 1.54) is 0 Å². The Morgan fingerprint density at radius 1 is 1.42 bits per heavy atom. The van der Waals surface area contributed by atoms with Gasteiger partial charge in [-0.15, -0.1) is 11.3 Å². The first-order valence-electron chi connectivity index (χ1n) is 3.57. The molecule has 0 saturated heterocycles. The molecule has 0 unspecified atom stereocenters. The number of nitrogens with one attached hydrogen (secondary N) is 1. The van der Waals surface area contributed by atoms with Crippen molar-refractivity contribution in [1.82, 2.24) is 15.0 Å². The van der Waals surface area contributed by atoms with Gasteiger partial charge in [-0.05, 0) is 6.92 Å². The summed E-state index contributed by atoms with van der Waals surface area (Å²) < 4.78 is 1.02. The Hall–Kier alpha value is -1.23. The number of fused-ring (bicyclic) bond motifs is 1. The Kier molecular flexibility index (Phi) is 1.65. The summed E-state index contributed by atoms with van der Waals surface area (Å²) in [5, 5.41) is 3.02. The molecule has 2 aromatic rings. The Bertz CT molecular complexity index is 409. The van der Waals surface area contributed by atoms with Crippen LogP contribution in [0.15, 0.2) is 5.51 Å². The molecule has 0 spiro atoms. The van der Waals surface area contributed by atoms with Gasteiger partial charge in [0.25, 0.3) is 0 Å². The van der Waals surface area contributed by atoms with Crippen LogP contribution >= 0.6 is 11.3 Å². The summed E-state index contributed by atoms with van der Waals surface area (Å²) >= 11 is 1.55. The van der Waals surface area contributed by atoms with E-state index in [0.29, 0.717) is 0 Å². The Labute approximate surface area is 73.7 Å². The predicted molar refractivity (Wildman–Crippen MR) is 49.5 cm³/mol. The minimum atomic E-state index is 0.748. The smallest absolute Gasteiger partial charge is 0.175 e. The van der Waals surface area contributed by atoms with Gasteiger partial charge >= 0.3 is 0 Å². The highest BCUT2D eigenvalue weighted by Gasteiger charge is 2.05. The molecule has 0 amide bonds. The normalized spacial score (nSPS) is 10.5. The fourth-order valence-electron chi connectivity index (χ4n) is 1.04. The minimum Gasteiger partial charge on any atom is -0.372 e. The number of aryl methyl sites for hydroxylation is 1. The molecule has 0 radical (unpaired) electrons. The van der Waals surface area contributed by atoms with Crippen molar-refractivity contribution in [3.05, 3.63) is 11.3 Å². The lowest BCUT2D eigenvalue weighted by atomic mass is 10.5. The van der Waals surface area contributed by atoms with Crippen molar-refractivity contribution < 1.29 is 0 Å². The molecule has 0 aliphatic rings. The van der Waals surface area contributed by atoms with Crippen LogP contribution in [0, 0.1) is 6.92 Å². The standard InChI is InChI=1S/C7H8N4S/c1-4-10-6(8-2)5-7(11-4)9-3-12-5/h3H,1-2H3,(H,8,10,11). The molecule has 0 saturated carbocycles. The van der Waals surface area contributed by atoms with Crippen LogP contribution < -0.4 is 5.32 Å². The average Bonchev–Trinajstić information content (AvgIpc) is 2.50. The van der Waals surface area contributed by atoms with Crippen LogP contribution in [0.2, 0.25) is 0 Å². The van der Waals surface area contributed by atoms with Gasteiger partial charge in [0.1, 0.15) is 16.3 Å². The van der Waals surface area contributed by atoms with Crippen LogP contribution in [-0.2, 0) is 0 Å². The van der Waals surface area contributed by atoms with E-state index in [2.05, 4.69) is 20.3 Å². The molecular weight excluding hydrogens is 172 g/mol. The molecule has 0 aliphatic carbocycles. The van der Waals surface area contributed by atoms with Gasteiger partial charge in [0.2, 0.25) is 0 Å². The highest BCUT2D eigenvalue weighted by Crippen LogP contribution is 2.22. The molecule has 62 valence electrons. The number of aromatic nitrogens is 3. The fourth-order valence-corrected chi connectivity index (χ4v) is 1.76. The number of nitrogens with zero attached hydrogens (tertiary/aromatic N) is 3. The second-order valence-electron chi connectivity index (χ2n) is 2.37. The van der Waals surface area contributed by atoms with E-state index < -0.39 is 0 Å². The summed E-state index contributed by atoms with van der Waals surface area (Å²) in [5.74, 6) is 1.61. The minimum absolute atomic E-state index is 0.748. The zero-order valence-electron chi connectivity index (χ0n) is 6.83. The van der Waals surface area contributed by atoms with Gasteiger partial charge in [-0.25, -0.2) is 15.0 Å². The second-order valence-corrected chi connectivity index (χ2v) is 3.23. The molecule has 2 aromatic heterocycles. The molecule has 0 atom stereocenters. The maximum absolute atomic E-state index is 4.24. The van der Waals surface area contributed by atoms with E-state index >= 15 is 0 Å². The molecule has 0 aliphatic heterocycles. The summed E-state index contributed by atoms with van der Waals surface area (Å²) in [5.41, 5.74) is 2.55. The third-order valence-electron chi connectivity index (χ3n) is 1.54. The fraction of sp³-hybridized carbons (Fsp3) is 0.286. The maximum atomic E-state index is 4.24. The summed E-state index contributed by atoms with van der Waals surface area (Å²) in [4.78, 5) is 12.5. The largest absolute Gasteiger partial charge is 0.372 e. The molecule has 1 N–H and O–H groups in total. The van der Waals surface area contributed by atoms with Crippen LogP contribution in [0.4, 0.5) is 5.82 Å². The van der Waals surface area contributed by atoms with Crippen LogP contribution in [0.1, 0.15) is 5.82 Å². The molecule has 5 heteroatoms. The molecule has 0 fully saturated rings. The van der Waals surface area contributed by atoms with Gasteiger partial charge in [-0.2, -0.15) is 0 Å². The molecule has 2 rings (SSSR count). The SMILES string of the molecule is CNc1nc(C)nc2ncsc12. The van der Waals surface area contributed by atoms with Crippen molar-refractivity contribution in [3.8, 4) is 0 Å². The predicted octanol–water partition coefficient (Wildman–Crippen LogP) is 1.44. The molecule has 0 bridgehead atoms. The average molecular weight is 180 g/mol. The third-order valence-corrected chi connectivity index (χ3v) is 2.36. The lowest BCUT2D eigenvalue weighted by molar-refractivity contribution is 1.08. The molecular formula is C7H8N4S. The van der Waals surface area contributed by atoms with Crippen LogP contribution in [0.5, 0.6) is 0 Å². The topological polar surface area (TPSA) is 50.7 Å². The second kappa shape index (κ2) is 2.67. The van der Waals surface area contributed by atoms with E-state index in [4.69, 9.17) is 0 Å². The van der Waals surface area contributed by atoms with Crippen LogP contribution in [0.25, 0.3) is 10.3 Å². The first kappa shape index (κ1) is 7.42. The quantitative estimate of drug-likeness (QED) is 0.721. The van der Waals surface area contributed by atoms with Gasteiger partial charge in [-0.1, -0.05) is 0 Å². The van der Waals surface area contributed by atoms with E-state index in [1.807, 2.05) is 14.0 Å². The number of hydrogen-bond donors (Lipinski definition) is 1. The van der Waals surface area contributed by atoms with Crippen molar-refractivity contribution in [2.75, 3.05) is 12.4 Å².